The zero-order valence-electron chi connectivity index (χ0n) is 15.2. The fourth-order valence-electron chi connectivity index (χ4n) is 2.93. The lowest BCUT2D eigenvalue weighted by Crippen LogP contribution is -2.58. The quantitative estimate of drug-likeness (QED) is 0.747. The smallest absolute Gasteiger partial charge is 0.325 e. The summed E-state index contributed by atoms with van der Waals surface area (Å²) < 4.78 is 4.60. The third-order valence-electron chi connectivity index (χ3n) is 4.49. The minimum Gasteiger partial charge on any atom is -0.468 e. The Hall–Kier alpha value is -3.29. The van der Waals surface area contributed by atoms with Crippen molar-refractivity contribution in [2.75, 3.05) is 26.7 Å². The van der Waals surface area contributed by atoms with Crippen LogP contribution in [-0.2, 0) is 14.3 Å². The van der Waals surface area contributed by atoms with E-state index in [2.05, 4.69) is 14.7 Å². The third kappa shape index (κ3) is 3.94. The summed E-state index contributed by atoms with van der Waals surface area (Å²) >= 11 is 0. The van der Waals surface area contributed by atoms with Crippen molar-refractivity contribution in [3.8, 4) is 11.4 Å². The van der Waals surface area contributed by atoms with Crippen LogP contribution in [0.4, 0.5) is 0 Å². The number of esters is 1. The van der Waals surface area contributed by atoms with Gasteiger partial charge in [0, 0.05) is 31.0 Å². The van der Waals surface area contributed by atoms with E-state index in [4.69, 9.17) is 0 Å². The number of carbonyl (C=O) groups excluding carboxylic acids is 3. The van der Waals surface area contributed by atoms with Crippen molar-refractivity contribution in [2.45, 2.75) is 13.0 Å². The third-order valence-corrected chi connectivity index (χ3v) is 4.49. The highest BCUT2D eigenvalue weighted by molar-refractivity contribution is 5.98. The number of rotatable bonds is 4. The van der Waals surface area contributed by atoms with Gasteiger partial charge in [-0.3, -0.25) is 14.4 Å². The molecule has 1 saturated heterocycles. The number of hydrogen-bond donors (Lipinski definition) is 0. The maximum atomic E-state index is 12.8. The minimum atomic E-state index is -0.676. The number of piperazine rings is 1. The molecular weight excluding hydrogens is 348 g/mol. The van der Waals surface area contributed by atoms with Crippen LogP contribution >= 0.6 is 0 Å². The zero-order chi connectivity index (χ0) is 19.4. The molecule has 0 bridgehead atoms. The van der Waals surface area contributed by atoms with Crippen molar-refractivity contribution in [1.82, 2.24) is 19.8 Å². The predicted octanol–water partition coefficient (Wildman–Crippen LogP) is 0.989. The molecule has 8 heteroatoms. The van der Waals surface area contributed by atoms with E-state index in [-0.39, 0.29) is 24.9 Å². The summed E-state index contributed by atoms with van der Waals surface area (Å²) in [6.45, 7) is 2.12. The lowest BCUT2D eigenvalue weighted by Gasteiger charge is -2.38. The van der Waals surface area contributed by atoms with Crippen LogP contribution < -0.4 is 0 Å². The molecule has 1 atom stereocenters. The largest absolute Gasteiger partial charge is 0.468 e. The molecular formula is C19H20N4O4. The second-order valence-electron chi connectivity index (χ2n) is 6.17. The first-order chi connectivity index (χ1) is 13.0. The summed E-state index contributed by atoms with van der Waals surface area (Å²) in [5.74, 6) is -0.561. The number of ether oxygens (including phenoxy) is 1. The van der Waals surface area contributed by atoms with E-state index in [0.717, 1.165) is 5.56 Å². The molecule has 2 heterocycles. The Morgan fingerprint density at radius 1 is 1.15 bits per heavy atom. The molecule has 140 valence electrons. The van der Waals surface area contributed by atoms with E-state index in [1.807, 2.05) is 30.3 Å². The van der Waals surface area contributed by atoms with Gasteiger partial charge in [-0.05, 0) is 6.92 Å². The maximum Gasteiger partial charge on any atom is 0.325 e. The Morgan fingerprint density at radius 3 is 2.44 bits per heavy atom. The minimum absolute atomic E-state index is 0.114. The van der Waals surface area contributed by atoms with Crippen molar-refractivity contribution in [3.63, 3.8) is 0 Å². The summed E-state index contributed by atoms with van der Waals surface area (Å²) in [6, 6.07) is 8.78. The van der Waals surface area contributed by atoms with Crippen molar-refractivity contribution in [1.29, 1.82) is 0 Å². The molecule has 2 amide bonds. The average Bonchev–Trinajstić information content (AvgIpc) is 2.72. The number of benzene rings is 1. The van der Waals surface area contributed by atoms with Crippen LogP contribution in [0.3, 0.4) is 0 Å². The number of nitrogens with zero attached hydrogens (tertiary/aromatic N) is 4. The first-order valence-electron chi connectivity index (χ1n) is 8.55. The molecule has 27 heavy (non-hydrogen) atoms. The normalized spacial score (nSPS) is 17.0. The molecule has 1 aliphatic rings. The van der Waals surface area contributed by atoms with E-state index in [1.54, 1.807) is 6.92 Å². The van der Waals surface area contributed by atoms with Gasteiger partial charge in [-0.2, -0.15) is 0 Å². The molecule has 1 fully saturated rings. The number of carbonyl (C=O) groups is 3. The maximum absolute atomic E-state index is 12.8. The average molecular weight is 368 g/mol. The van der Waals surface area contributed by atoms with Gasteiger partial charge < -0.3 is 14.5 Å². The fraction of sp³-hybridized carbons (Fsp3) is 0.316. The van der Waals surface area contributed by atoms with Crippen molar-refractivity contribution in [3.05, 3.63) is 48.3 Å². The lowest BCUT2D eigenvalue weighted by atomic mass is 10.1. The van der Waals surface area contributed by atoms with Crippen LogP contribution in [0.2, 0.25) is 0 Å². The summed E-state index contributed by atoms with van der Waals surface area (Å²) in [5.41, 5.74) is 1.17. The van der Waals surface area contributed by atoms with Gasteiger partial charge in [-0.25, -0.2) is 9.97 Å². The van der Waals surface area contributed by atoms with E-state index in [1.165, 1.54) is 29.3 Å². The fourth-order valence-corrected chi connectivity index (χ4v) is 2.93. The van der Waals surface area contributed by atoms with Gasteiger partial charge in [0.1, 0.15) is 12.6 Å². The van der Waals surface area contributed by atoms with Crippen molar-refractivity contribution in [2.24, 2.45) is 0 Å². The Bertz CT molecular complexity index is 839. The van der Waals surface area contributed by atoms with E-state index in [0.29, 0.717) is 17.9 Å². The molecule has 3 rings (SSSR count). The van der Waals surface area contributed by atoms with Crippen molar-refractivity contribution >= 4 is 17.8 Å². The first kappa shape index (κ1) is 18.5. The Labute approximate surface area is 156 Å². The molecule has 8 nitrogen and oxygen atoms in total. The zero-order valence-corrected chi connectivity index (χ0v) is 15.2. The Morgan fingerprint density at radius 2 is 1.81 bits per heavy atom. The summed E-state index contributed by atoms with van der Waals surface area (Å²) in [4.78, 5) is 48.0. The molecule has 1 aliphatic heterocycles. The van der Waals surface area contributed by atoms with Gasteiger partial charge >= 0.3 is 5.97 Å². The Kier molecular flexibility index (Phi) is 5.44. The van der Waals surface area contributed by atoms with Gasteiger partial charge in [0.2, 0.25) is 5.91 Å². The molecule has 0 aliphatic carbocycles. The Balaban J connectivity index is 1.71. The topological polar surface area (TPSA) is 92.7 Å². The summed E-state index contributed by atoms with van der Waals surface area (Å²) in [6.07, 6.45) is 2.94. The van der Waals surface area contributed by atoms with Gasteiger partial charge in [-0.1, -0.05) is 30.3 Å². The predicted molar refractivity (Wildman–Crippen MR) is 96.6 cm³/mol. The standard InChI is InChI=1S/C19H20N4O4/c1-13-18(25)22(12-16(24)27-2)8-9-23(13)19(26)15-10-20-17(21-11-15)14-6-4-3-5-7-14/h3-7,10-11,13H,8-9,12H2,1-2H3/t13-/m1/s1. The highest BCUT2D eigenvalue weighted by Crippen LogP contribution is 2.17. The monoisotopic (exact) mass is 368 g/mol. The lowest BCUT2D eigenvalue weighted by molar-refractivity contribution is -0.150. The number of amides is 2. The van der Waals surface area contributed by atoms with E-state index >= 15 is 0 Å². The highest BCUT2D eigenvalue weighted by atomic mass is 16.5. The SMILES string of the molecule is COC(=O)CN1CCN(C(=O)c2cnc(-c3ccccc3)nc2)[C@H](C)C1=O. The van der Waals surface area contributed by atoms with Crippen molar-refractivity contribution < 1.29 is 19.1 Å². The molecule has 0 saturated carbocycles. The van der Waals surface area contributed by atoms with Crippen LogP contribution in [0, 0.1) is 0 Å². The van der Waals surface area contributed by atoms with E-state index in [9.17, 15) is 14.4 Å². The number of methoxy groups -OCH3 is 1. The molecule has 0 spiro atoms. The van der Waals surface area contributed by atoms with Crippen LogP contribution in [-0.4, -0.2) is 70.3 Å². The molecule has 1 aromatic carbocycles. The molecule has 2 aromatic rings. The summed E-state index contributed by atoms with van der Waals surface area (Å²) in [5, 5.41) is 0. The van der Waals surface area contributed by atoms with Gasteiger partial charge in [-0.15, -0.1) is 0 Å². The second kappa shape index (κ2) is 7.94. The molecule has 0 radical (unpaired) electrons. The molecule has 0 unspecified atom stereocenters. The number of hydrogen-bond acceptors (Lipinski definition) is 6. The van der Waals surface area contributed by atoms with Crippen LogP contribution in [0.15, 0.2) is 42.7 Å². The summed E-state index contributed by atoms with van der Waals surface area (Å²) in [7, 11) is 1.27. The second-order valence-corrected chi connectivity index (χ2v) is 6.17. The highest BCUT2D eigenvalue weighted by Gasteiger charge is 2.35. The van der Waals surface area contributed by atoms with Crippen LogP contribution in [0.5, 0.6) is 0 Å². The van der Waals surface area contributed by atoms with Crippen LogP contribution in [0.1, 0.15) is 17.3 Å². The first-order valence-corrected chi connectivity index (χ1v) is 8.55. The van der Waals surface area contributed by atoms with Gasteiger partial charge in [0.15, 0.2) is 5.82 Å². The number of aromatic nitrogens is 2. The van der Waals surface area contributed by atoms with Gasteiger partial charge in [0.05, 0.1) is 12.7 Å². The van der Waals surface area contributed by atoms with E-state index < -0.39 is 12.0 Å². The van der Waals surface area contributed by atoms with Gasteiger partial charge in [0.25, 0.3) is 5.91 Å². The molecule has 1 aromatic heterocycles. The molecule has 0 N–H and O–H groups in total. The van der Waals surface area contributed by atoms with Crippen LogP contribution in [0.25, 0.3) is 11.4 Å².